The number of carbonyl (C=O) groups excluding carboxylic acids is 2. The maximum Gasteiger partial charge on any atom is 0.223 e. The van der Waals surface area contributed by atoms with Gasteiger partial charge in [-0.1, -0.05) is 25.1 Å². The Morgan fingerprint density at radius 1 is 1.07 bits per heavy atom. The molecular weight excluding hydrogens is 352 g/mol. The highest BCUT2D eigenvalue weighted by molar-refractivity contribution is 5.91. The van der Waals surface area contributed by atoms with E-state index in [9.17, 15) is 9.59 Å². The zero-order valence-electron chi connectivity index (χ0n) is 17.3. The second-order valence-corrected chi connectivity index (χ2v) is 7.00. The molecule has 5 heteroatoms. The molecule has 0 radical (unpaired) electrons. The van der Waals surface area contributed by atoms with Crippen molar-refractivity contribution in [2.45, 2.75) is 26.7 Å². The molecule has 0 bridgehead atoms. The van der Waals surface area contributed by atoms with Crippen LogP contribution >= 0.6 is 0 Å². The molecule has 2 aromatic rings. The molecule has 150 valence electrons. The van der Waals surface area contributed by atoms with Crippen LogP contribution < -0.4 is 9.64 Å². The fraction of sp³-hybridized carbons (Fsp3) is 0.391. The van der Waals surface area contributed by atoms with Gasteiger partial charge in [0.1, 0.15) is 12.0 Å². The monoisotopic (exact) mass is 382 g/mol. The summed E-state index contributed by atoms with van der Waals surface area (Å²) in [6.07, 6.45) is 2.89. The normalized spacial score (nSPS) is 10.8. The number of amides is 1. The molecule has 28 heavy (non-hydrogen) atoms. The van der Waals surface area contributed by atoms with Crippen molar-refractivity contribution in [3.8, 4) is 16.9 Å². The molecule has 0 saturated carbocycles. The first-order valence-electron chi connectivity index (χ1n) is 9.71. The summed E-state index contributed by atoms with van der Waals surface area (Å²) in [5.41, 5.74) is 3.35. The Kier molecular flexibility index (Phi) is 8.20. The highest BCUT2D eigenvalue weighted by Crippen LogP contribution is 2.32. The first kappa shape index (κ1) is 21.6. The second kappa shape index (κ2) is 10.6. The third kappa shape index (κ3) is 5.92. The minimum Gasteiger partial charge on any atom is -0.493 e. The minimum atomic E-state index is -0.0138. The molecule has 0 N–H and O–H groups in total. The van der Waals surface area contributed by atoms with Crippen molar-refractivity contribution in [2.75, 3.05) is 38.7 Å². The summed E-state index contributed by atoms with van der Waals surface area (Å²) < 4.78 is 6.03. The molecule has 0 aliphatic carbocycles. The van der Waals surface area contributed by atoms with Crippen molar-refractivity contribution in [1.82, 2.24) is 4.90 Å². The first-order valence-corrected chi connectivity index (χ1v) is 9.71. The van der Waals surface area contributed by atoms with E-state index in [0.29, 0.717) is 17.9 Å². The molecule has 0 unspecified atom stereocenters. The maximum absolute atomic E-state index is 11.5. The minimum absolute atomic E-state index is 0.0138. The van der Waals surface area contributed by atoms with E-state index < -0.39 is 0 Å². The Balaban J connectivity index is 2.15. The van der Waals surface area contributed by atoms with Crippen molar-refractivity contribution in [3.63, 3.8) is 0 Å². The lowest BCUT2D eigenvalue weighted by Gasteiger charge is -2.17. The van der Waals surface area contributed by atoms with E-state index in [1.807, 2.05) is 30.3 Å². The quantitative estimate of drug-likeness (QED) is 0.455. The highest BCUT2D eigenvalue weighted by Gasteiger charge is 2.10. The summed E-state index contributed by atoms with van der Waals surface area (Å²) in [4.78, 5) is 26.6. The standard InChI is InChI=1S/C23H30N2O3/c1-5-13-24(3)14-6-15-28-23-16-19(17-26)7-12-22(23)20-8-10-21(11-9-20)25(4)18(2)27/h7-12,16-17H,5-6,13-15H2,1-4H3. The van der Waals surface area contributed by atoms with E-state index in [2.05, 4.69) is 18.9 Å². The predicted octanol–water partition coefficient (Wildman–Crippen LogP) is 4.26. The van der Waals surface area contributed by atoms with Gasteiger partial charge in [0, 0.05) is 37.3 Å². The van der Waals surface area contributed by atoms with Crippen LogP contribution in [0, 0.1) is 0 Å². The van der Waals surface area contributed by atoms with Gasteiger partial charge in [0.15, 0.2) is 0 Å². The van der Waals surface area contributed by atoms with E-state index in [1.54, 1.807) is 24.1 Å². The summed E-state index contributed by atoms with van der Waals surface area (Å²) in [6, 6.07) is 13.2. The van der Waals surface area contributed by atoms with Crippen molar-refractivity contribution < 1.29 is 14.3 Å². The largest absolute Gasteiger partial charge is 0.493 e. The average molecular weight is 383 g/mol. The maximum atomic E-state index is 11.5. The van der Waals surface area contributed by atoms with Gasteiger partial charge >= 0.3 is 0 Å². The molecule has 0 aliphatic heterocycles. The molecule has 0 aromatic heterocycles. The number of ether oxygens (including phenoxy) is 1. The predicted molar refractivity (Wildman–Crippen MR) is 114 cm³/mol. The summed E-state index contributed by atoms with van der Waals surface area (Å²) in [5, 5.41) is 0. The summed E-state index contributed by atoms with van der Waals surface area (Å²) >= 11 is 0. The van der Waals surface area contributed by atoms with Crippen molar-refractivity contribution >= 4 is 17.9 Å². The van der Waals surface area contributed by atoms with Gasteiger partial charge in [0.05, 0.1) is 6.61 Å². The summed E-state index contributed by atoms with van der Waals surface area (Å²) in [7, 11) is 3.86. The van der Waals surface area contributed by atoms with Crippen molar-refractivity contribution in [2.24, 2.45) is 0 Å². The molecule has 0 aliphatic rings. The van der Waals surface area contributed by atoms with Crippen molar-refractivity contribution in [3.05, 3.63) is 48.0 Å². The number of carbonyl (C=O) groups is 2. The third-order valence-corrected chi connectivity index (χ3v) is 4.73. The summed E-state index contributed by atoms with van der Waals surface area (Å²) in [5.74, 6) is 0.690. The summed E-state index contributed by atoms with van der Waals surface area (Å²) in [6.45, 7) is 6.35. The van der Waals surface area contributed by atoms with Crippen LogP contribution in [0.3, 0.4) is 0 Å². The third-order valence-electron chi connectivity index (χ3n) is 4.73. The first-order chi connectivity index (χ1) is 13.5. The molecule has 0 heterocycles. The Morgan fingerprint density at radius 3 is 2.39 bits per heavy atom. The fourth-order valence-electron chi connectivity index (χ4n) is 3.03. The second-order valence-electron chi connectivity index (χ2n) is 7.00. The van der Waals surface area contributed by atoms with Gasteiger partial charge in [-0.05, 0) is 56.3 Å². The van der Waals surface area contributed by atoms with Gasteiger partial charge in [-0.15, -0.1) is 0 Å². The number of anilines is 1. The lowest BCUT2D eigenvalue weighted by atomic mass is 10.0. The Morgan fingerprint density at radius 2 is 1.79 bits per heavy atom. The van der Waals surface area contributed by atoms with E-state index in [1.165, 1.54) is 6.92 Å². The molecule has 0 saturated heterocycles. The van der Waals surface area contributed by atoms with Gasteiger partial charge in [-0.25, -0.2) is 0 Å². The van der Waals surface area contributed by atoms with Crippen LogP contribution in [-0.4, -0.2) is 50.9 Å². The van der Waals surface area contributed by atoms with Crippen LogP contribution in [0.25, 0.3) is 11.1 Å². The number of hydrogen-bond acceptors (Lipinski definition) is 4. The number of nitrogens with zero attached hydrogens (tertiary/aromatic N) is 2. The van der Waals surface area contributed by atoms with E-state index in [0.717, 1.165) is 49.0 Å². The van der Waals surface area contributed by atoms with Crippen LogP contribution in [0.2, 0.25) is 0 Å². The number of aldehydes is 1. The lowest BCUT2D eigenvalue weighted by Crippen LogP contribution is -2.22. The molecule has 1 amide bonds. The van der Waals surface area contributed by atoms with E-state index in [4.69, 9.17) is 4.74 Å². The smallest absolute Gasteiger partial charge is 0.223 e. The topological polar surface area (TPSA) is 49.9 Å². The molecular formula is C23H30N2O3. The van der Waals surface area contributed by atoms with Gasteiger partial charge in [-0.2, -0.15) is 0 Å². The molecule has 2 aromatic carbocycles. The Bertz CT molecular complexity index is 787. The number of hydrogen-bond donors (Lipinski definition) is 0. The van der Waals surface area contributed by atoms with E-state index >= 15 is 0 Å². The Labute approximate surface area is 167 Å². The van der Waals surface area contributed by atoms with Crippen LogP contribution in [0.15, 0.2) is 42.5 Å². The highest BCUT2D eigenvalue weighted by atomic mass is 16.5. The van der Waals surface area contributed by atoms with Crippen molar-refractivity contribution in [1.29, 1.82) is 0 Å². The number of rotatable bonds is 10. The molecule has 2 rings (SSSR count). The van der Waals surface area contributed by atoms with Crippen LogP contribution in [-0.2, 0) is 4.79 Å². The van der Waals surface area contributed by atoms with Gasteiger partial charge in [0.2, 0.25) is 5.91 Å². The van der Waals surface area contributed by atoms with Crippen LogP contribution in [0.5, 0.6) is 5.75 Å². The fourth-order valence-corrected chi connectivity index (χ4v) is 3.03. The zero-order valence-corrected chi connectivity index (χ0v) is 17.3. The van der Waals surface area contributed by atoms with Gasteiger partial charge in [-0.3, -0.25) is 9.59 Å². The van der Waals surface area contributed by atoms with Crippen LogP contribution in [0.1, 0.15) is 37.0 Å². The Hall–Kier alpha value is -2.66. The molecule has 0 spiro atoms. The number of benzene rings is 2. The van der Waals surface area contributed by atoms with Gasteiger partial charge < -0.3 is 14.5 Å². The molecule has 0 fully saturated rings. The van der Waals surface area contributed by atoms with Gasteiger partial charge in [0.25, 0.3) is 0 Å². The van der Waals surface area contributed by atoms with Crippen LogP contribution in [0.4, 0.5) is 5.69 Å². The SMILES string of the molecule is CCCN(C)CCCOc1cc(C=O)ccc1-c1ccc(N(C)C(C)=O)cc1. The average Bonchev–Trinajstić information content (AvgIpc) is 2.70. The lowest BCUT2D eigenvalue weighted by molar-refractivity contribution is -0.116. The molecule has 5 nitrogen and oxygen atoms in total. The zero-order chi connectivity index (χ0) is 20.5. The molecule has 0 atom stereocenters. The van der Waals surface area contributed by atoms with E-state index in [-0.39, 0.29) is 5.91 Å².